The van der Waals surface area contributed by atoms with Crippen molar-refractivity contribution in [2.45, 2.75) is 24.5 Å². The third-order valence-corrected chi connectivity index (χ3v) is 5.41. The molecular formula is C23H23NO. The van der Waals surface area contributed by atoms with Crippen LogP contribution in [0.25, 0.3) is 0 Å². The van der Waals surface area contributed by atoms with E-state index in [1.165, 1.54) is 16.7 Å². The number of rotatable bonds is 5. The van der Waals surface area contributed by atoms with Gasteiger partial charge in [0.25, 0.3) is 0 Å². The van der Waals surface area contributed by atoms with Crippen LogP contribution >= 0.6 is 0 Å². The van der Waals surface area contributed by atoms with E-state index in [-0.39, 0.29) is 12.6 Å². The Bertz CT molecular complexity index is 720. The lowest BCUT2D eigenvalue weighted by Crippen LogP contribution is -2.40. The molecule has 3 aromatic carbocycles. The third-order valence-electron chi connectivity index (χ3n) is 5.41. The van der Waals surface area contributed by atoms with E-state index in [0.29, 0.717) is 6.04 Å². The van der Waals surface area contributed by atoms with Crippen molar-refractivity contribution in [1.82, 2.24) is 4.90 Å². The number of benzene rings is 3. The Morgan fingerprint density at radius 2 is 1.08 bits per heavy atom. The summed E-state index contributed by atoms with van der Waals surface area (Å²) in [7, 11) is 0. The molecule has 3 aromatic rings. The van der Waals surface area contributed by atoms with Gasteiger partial charge in [0, 0.05) is 12.1 Å². The molecule has 1 aliphatic heterocycles. The predicted molar refractivity (Wildman–Crippen MR) is 101 cm³/mol. The molecule has 4 rings (SSSR count). The van der Waals surface area contributed by atoms with Gasteiger partial charge in [-0.1, -0.05) is 91.0 Å². The normalized spacial score (nSPS) is 22.6. The summed E-state index contributed by atoms with van der Waals surface area (Å²) in [6.07, 6.45) is 0. The molecule has 1 aliphatic rings. The number of aliphatic hydroxyl groups excluding tert-OH is 1. The van der Waals surface area contributed by atoms with Crippen LogP contribution in [0.2, 0.25) is 0 Å². The molecule has 0 saturated carbocycles. The summed E-state index contributed by atoms with van der Waals surface area (Å²) < 4.78 is 0. The highest BCUT2D eigenvalue weighted by atomic mass is 16.3. The van der Waals surface area contributed by atoms with E-state index in [4.69, 9.17) is 0 Å². The fraction of sp³-hybridized carbons (Fsp3) is 0.217. The first-order chi connectivity index (χ1) is 12.3. The highest BCUT2D eigenvalue weighted by molar-refractivity contribution is 5.51. The lowest BCUT2D eigenvalue weighted by Gasteiger charge is -2.38. The smallest absolute Gasteiger partial charge is 0.0979 e. The molecular weight excluding hydrogens is 306 g/mol. The monoisotopic (exact) mass is 329 g/mol. The molecule has 126 valence electrons. The Kier molecular flexibility index (Phi) is 4.16. The maximum absolute atomic E-state index is 9.91. The maximum atomic E-state index is 9.91. The van der Waals surface area contributed by atoms with Crippen molar-refractivity contribution in [2.75, 3.05) is 6.61 Å². The van der Waals surface area contributed by atoms with E-state index in [1.54, 1.807) is 0 Å². The highest BCUT2D eigenvalue weighted by Gasteiger charge is 2.57. The van der Waals surface area contributed by atoms with Crippen LogP contribution in [0.5, 0.6) is 0 Å². The number of hydrogen-bond acceptors (Lipinski definition) is 2. The molecule has 1 unspecified atom stereocenters. The molecule has 1 fully saturated rings. The molecule has 0 aliphatic carbocycles. The molecule has 2 nitrogen and oxygen atoms in total. The van der Waals surface area contributed by atoms with Gasteiger partial charge >= 0.3 is 0 Å². The van der Waals surface area contributed by atoms with Gasteiger partial charge in [-0.15, -0.1) is 0 Å². The average Bonchev–Trinajstić information content (AvgIpc) is 3.35. The van der Waals surface area contributed by atoms with E-state index in [2.05, 4.69) is 103 Å². The Morgan fingerprint density at radius 1 is 0.720 bits per heavy atom. The minimum Gasteiger partial charge on any atom is -0.395 e. The number of hydrogen-bond donors (Lipinski definition) is 1. The van der Waals surface area contributed by atoms with Crippen LogP contribution in [0, 0.1) is 0 Å². The standard InChI is InChI=1S/C23H23NO/c1-18-22(17-25)24(18)23(19-11-5-2-6-12-19,20-13-7-3-8-14-20)21-15-9-4-10-16-21/h2-16,18,22,25H,17H2,1H3/t18-,22-,24?/m1/s1. The lowest BCUT2D eigenvalue weighted by atomic mass is 9.76. The third kappa shape index (κ3) is 2.50. The summed E-state index contributed by atoms with van der Waals surface area (Å²) in [4.78, 5) is 2.44. The molecule has 2 heteroatoms. The van der Waals surface area contributed by atoms with Gasteiger partial charge in [0.2, 0.25) is 0 Å². The second kappa shape index (κ2) is 6.47. The van der Waals surface area contributed by atoms with Gasteiger partial charge in [0.05, 0.1) is 12.1 Å². The topological polar surface area (TPSA) is 23.2 Å². The first kappa shape index (κ1) is 16.1. The summed E-state index contributed by atoms with van der Waals surface area (Å²) in [5.41, 5.74) is 3.30. The molecule has 0 bridgehead atoms. The van der Waals surface area contributed by atoms with E-state index in [9.17, 15) is 5.11 Å². The van der Waals surface area contributed by atoms with E-state index < -0.39 is 5.54 Å². The van der Waals surface area contributed by atoms with Crippen LogP contribution in [0.4, 0.5) is 0 Å². The van der Waals surface area contributed by atoms with Crippen molar-refractivity contribution in [1.29, 1.82) is 0 Å². The van der Waals surface area contributed by atoms with E-state index >= 15 is 0 Å². The van der Waals surface area contributed by atoms with E-state index in [0.717, 1.165) is 0 Å². The Morgan fingerprint density at radius 3 is 1.36 bits per heavy atom. The second-order valence-corrected chi connectivity index (χ2v) is 6.71. The average molecular weight is 329 g/mol. The van der Waals surface area contributed by atoms with Gasteiger partial charge in [-0.05, 0) is 23.6 Å². The van der Waals surface area contributed by atoms with Crippen LogP contribution in [0.3, 0.4) is 0 Å². The van der Waals surface area contributed by atoms with Crippen molar-refractivity contribution < 1.29 is 5.11 Å². The summed E-state index contributed by atoms with van der Waals surface area (Å²) >= 11 is 0. The number of aliphatic hydroxyl groups is 1. The molecule has 1 N–H and O–H groups in total. The van der Waals surface area contributed by atoms with Crippen LogP contribution in [0.15, 0.2) is 91.0 Å². The quantitative estimate of drug-likeness (QED) is 0.564. The molecule has 0 aromatic heterocycles. The van der Waals surface area contributed by atoms with Gasteiger partial charge < -0.3 is 5.11 Å². The second-order valence-electron chi connectivity index (χ2n) is 6.71. The summed E-state index contributed by atoms with van der Waals surface area (Å²) in [5, 5.41) is 9.91. The van der Waals surface area contributed by atoms with Crippen LogP contribution in [-0.4, -0.2) is 28.7 Å². The summed E-state index contributed by atoms with van der Waals surface area (Å²) in [6, 6.07) is 32.4. The molecule has 0 radical (unpaired) electrons. The van der Waals surface area contributed by atoms with Gasteiger partial charge in [0.1, 0.15) is 0 Å². The molecule has 0 spiro atoms. The minimum absolute atomic E-state index is 0.167. The fourth-order valence-electron chi connectivity index (χ4n) is 4.19. The molecule has 1 heterocycles. The summed E-state index contributed by atoms with van der Waals surface area (Å²) in [6.45, 7) is 2.37. The number of nitrogens with zero attached hydrogens (tertiary/aromatic N) is 1. The Labute approximate surface area is 149 Å². The van der Waals surface area contributed by atoms with Crippen molar-refractivity contribution in [3.8, 4) is 0 Å². The molecule has 25 heavy (non-hydrogen) atoms. The van der Waals surface area contributed by atoms with Crippen molar-refractivity contribution in [3.05, 3.63) is 108 Å². The van der Waals surface area contributed by atoms with Gasteiger partial charge in [0.15, 0.2) is 0 Å². The van der Waals surface area contributed by atoms with Gasteiger partial charge in [-0.3, -0.25) is 4.90 Å². The molecule has 1 saturated heterocycles. The maximum Gasteiger partial charge on any atom is 0.0979 e. The Hall–Kier alpha value is -2.42. The van der Waals surface area contributed by atoms with Gasteiger partial charge in [-0.2, -0.15) is 0 Å². The SMILES string of the molecule is C[C@@H]1[C@@H](CO)N1C(c1ccccc1)(c1ccccc1)c1ccccc1. The first-order valence-corrected chi connectivity index (χ1v) is 8.86. The minimum atomic E-state index is -0.392. The van der Waals surface area contributed by atoms with Crippen molar-refractivity contribution in [3.63, 3.8) is 0 Å². The lowest BCUT2D eigenvalue weighted by molar-refractivity contribution is 0.235. The molecule has 3 atom stereocenters. The summed E-state index contributed by atoms with van der Waals surface area (Å²) in [5.74, 6) is 0. The van der Waals surface area contributed by atoms with Gasteiger partial charge in [-0.25, -0.2) is 0 Å². The van der Waals surface area contributed by atoms with Crippen molar-refractivity contribution in [2.24, 2.45) is 0 Å². The Balaban J connectivity index is 2.03. The zero-order valence-corrected chi connectivity index (χ0v) is 14.4. The van der Waals surface area contributed by atoms with Crippen LogP contribution in [-0.2, 0) is 5.54 Å². The van der Waals surface area contributed by atoms with Crippen LogP contribution in [0.1, 0.15) is 23.6 Å². The van der Waals surface area contributed by atoms with Crippen LogP contribution < -0.4 is 0 Å². The van der Waals surface area contributed by atoms with E-state index in [1.807, 2.05) is 0 Å². The zero-order chi connectivity index (χ0) is 17.3. The zero-order valence-electron chi connectivity index (χ0n) is 14.4. The fourth-order valence-corrected chi connectivity index (χ4v) is 4.19. The van der Waals surface area contributed by atoms with Crippen molar-refractivity contribution >= 4 is 0 Å². The molecule has 0 amide bonds. The first-order valence-electron chi connectivity index (χ1n) is 8.86. The highest BCUT2D eigenvalue weighted by Crippen LogP contribution is 2.51. The largest absolute Gasteiger partial charge is 0.395 e. The predicted octanol–water partition coefficient (Wildman–Crippen LogP) is 4.04.